The van der Waals surface area contributed by atoms with Crippen LogP contribution in [0, 0.1) is 5.82 Å². The first kappa shape index (κ1) is 18.9. The normalized spacial score (nSPS) is 15.8. The molecule has 0 spiro atoms. The molecule has 0 radical (unpaired) electrons. The Hall–Kier alpha value is -3.12. The van der Waals surface area contributed by atoms with Crippen molar-refractivity contribution >= 4 is 38.6 Å². The van der Waals surface area contributed by atoms with Gasteiger partial charge in [-0.15, -0.1) is 0 Å². The number of nitrogens with one attached hydrogen (secondary N) is 2. The quantitative estimate of drug-likeness (QED) is 0.362. The Morgan fingerprint density at radius 3 is 2.57 bits per heavy atom. The molecule has 2 heterocycles. The highest BCUT2D eigenvalue weighted by atomic mass is 79.9. The number of para-hydroxylation sites is 1. The fraction of sp³-hybridized carbons (Fsp3) is 0.125. The zero-order valence-electron chi connectivity index (χ0n) is 16.0. The van der Waals surface area contributed by atoms with Crippen molar-refractivity contribution in [1.82, 2.24) is 9.88 Å². The maximum Gasteiger partial charge on any atom is 0.322 e. The number of halogens is 2. The van der Waals surface area contributed by atoms with Crippen molar-refractivity contribution in [3.05, 3.63) is 99.9 Å². The summed E-state index contributed by atoms with van der Waals surface area (Å²) in [6.07, 6.45) is 0.706. The van der Waals surface area contributed by atoms with Crippen molar-refractivity contribution in [3.8, 4) is 0 Å². The summed E-state index contributed by atoms with van der Waals surface area (Å²) in [5, 5.41) is 4.08. The second kappa shape index (κ2) is 7.61. The molecular formula is C24H19BrFN3O. The van der Waals surface area contributed by atoms with Crippen molar-refractivity contribution in [2.24, 2.45) is 0 Å². The second-order valence-corrected chi connectivity index (χ2v) is 8.28. The molecule has 0 fully saturated rings. The van der Waals surface area contributed by atoms with Crippen LogP contribution in [0.1, 0.15) is 22.9 Å². The summed E-state index contributed by atoms with van der Waals surface area (Å²) >= 11 is 3.40. The van der Waals surface area contributed by atoms with Gasteiger partial charge in [0.15, 0.2) is 0 Å². The van der Waals surface area contributed by atoms with Crippen LogP contribution in [0.2, 0.25) is 0 Å². The first-order valence-electron chi connectivity index (χ1n) is 9.79. The average molecular weight is 464 g/mol. The number of nitrogens with zero attached hydrogens (tertiary/aromatic N) is 1. The molecule has 1 unspecified atom stereocenters. The summed E-state index contributed by atoms with van der Waals surface area (Å²) in [5.41, 5.74) is 4.19. The highest BCUT2D eigenvalue weighted by Gasteiger charge is 2.35. The van der Waals surface area contributed by atoms with E-state index >= 15 is 0 Å². The Labute approximate surface area is 181 Å². The Morgan fingerprint density at radius 1 is 1.03 bits per heavy atom. The minimum atomic E-state index is -0.530. The Bertz CT molecular complexity index is 1230. The molecule has 6 heteroatoms. The SMILES string of the molecule is O=C(Nc1ccc(Br)cc1)N1CCc2c([nH]c3ccccc23)C1c1ccccc1F. The molecule has 2 amide bonds. The van der Waals surface area contributed by atoms with E-state index in [1.54, 1.807) is 23.1 Å². The number of urea groups is 1. The number of aromatic amines is 1. The van der Waals surface area contributed by atoms with Crippen LogP contribution in [0.25, 0.3) is 10.9 Å². The summed E-state index contributed by atoms with van der Waals surface area (Å²) in [6, 6.07) is 21.3. The fourth-order valence-electron chi connectivity index (χ4n) is 4.21. The smallest absolute Gasteiger partial charge is 0.322 e. The molecule has 0 aliphatic carbocycles. The Balaban J connectivity index is 1.59. The molecule has 1 aliphatic rings. The fourth-order valence-corrected chi connectivity index (χ4v) is 4.47. The Kier molecular flexibility index (Phi) is 4.79. The number of hydrogen-bond donors (Lipinski definition) is 2. The summed E-state index contributed by atoms with van der Waals surface area (Å²) in [5.74, 6) is -0.324. The number of rotatable bonds is 2. The zero-order chi connectivity index (χ0) is 20.7. The van der Waals surface area contributed by atoms with Crippen molar-refractivity contribution in [2.75, 3.05) is 11.9 Å². The Morgan fingerprint density at radius 2 is 1.77 bits per heavy atom. The van der Waals surface area contributed by atoms with E-state index in [-0.39, 0.29) is 11.8 Å². The summed E-state index contributed by atoms with van der Waals surface area (Å²) < 4.78 is 15.8. The summed E-state index contributed by atoms with van der Waals surface area (Å²) in [6.45, 7) is 0.496. The predicted octanol–water partition coefficient (Wildman–Crippen LogP) is 6.25. The standard InChI is InChI=1S/C24H19BrFN3O/c25-15-9-11-16(12-10-15)27-24(30)29-14-13-18-17-5-2-4-8-21(17)28-22(18)23(29)19-6-1-3-7-20(19)26/h1-12,23,28H,13-14H2,(H,27,30). The van der Waals surface area contributed by atoms with E-state index in [2.05, 4.69) is 32.3 Å². The van der Waals surface area contributed by atoms with Gasteiger partial charge in [0.05, 0.1) is 0 Å². The van der Waals surface area contributed by atoms with Gasteiger partial charge in [-0.2, -0.15) is 0 Å². The van der Waals surface area contributed by atoms with Crippen LogP contribution in [-0.2, 0) is 6.42 Å². The van der Waals surface area contributed by atoms with Crippen LogP contribution in [-0.4, -0.2) is 22.5 Å². The van der Waals surface area contributed by atoms with E-state index in [1.165, 1.54) is 6.07 Å². The van der Waals surface area contributed by atoms with Crippen LogP contribution >= 0.6 is 15.9 Å². The van der Waals surface area contributed by atoms with Crippen LogP contribution in [0.4, 0.5) is 14.9 Å². The molecule has 2 N–H and O–H groups in total. The number of carbonyl (C=O) groups is 1. The molecule has 1 aliphatic heterocycles. The molecule has 5 rings (SSSR count). The highest BCUT2D eigenvalue weighted by molar-refractivity contribution is 9.10. The van der Waals surface area contributed by atoms with Crippen LogP contribution < -0.4 is 5.32 Å². The van der Waals surface area contributed by atoms with Crippen LogP contribution in [0.5, 0.6) is 0 Å². The lowest BCUT2D eigenvalue weighted by Gasteiger charge is -2.36. The maximum absolute atomic E-state index is 14.9. The van der Waals surface area contributed by atoms with Crippen LogP contribution in [0.3, 0.4) is 0 Å². The maximum atomic E-state index is 14.9. The van der Waals surface area contributed by atoms with Gasteiger partial charge in [-0.1, -0.05) is 52.3 Å². The number of fused-ring (bicyclic) bond motifs is 3. The molecule has 0 bridgehead atoms. The van der Waals surface area contributed by atoms with Gasteiger partial charge in [-0.3, -0.25) is 0 Å². The predicted molar refractivity (Wildman–Crippen MR) is 120 cm³/mol. The van der Waals surface area contributed by atoms with E-state index in [4.69, 9.17) is 0 Å². The highest BCUT2D eigenvalue weighted by Crippen LogP contribution is 2.39. The van der Waals surface area contributed by atoms with Crippen molar-refractivity contribution < 1.29 is 9.18 Å². The second-order valence-electron chi connectivity index (χ2n) is 7.37. The molecular weight excluding hydrogens is 445 g/mol. The first-order chi connectivity index (χ1) is 14.6. The topological polar surface area (TPSA) is 48.1 Å². The molecule has 1 atom stereocenters. The van der Waals surface area contributed by atoms with Gasteiger partial charge in [-0.25, -0.2) is 9.18 Å². The van der Waals surface area contributed by atoms with E-state index in [1.807, 2.05) is 42.5 Å². The third-order valence-corrected chi connectivity index (χ3v) is 6.12. The lowest BCUT2D eigenvalue weighted by Crippen LogP contribution is -2.43. The number of benzene rings is 3. The van der Waals surface area contributed by atoms with Gasteiger partial charge >= 0.3 is 6.03 Å². The number of hydrogen-bond acceptors (Lipinski definition) is 1. The van der Waals surface area contributed by atoms with Gasteiger partial charge < -0.3 is 15.2 Å². The molecule has 4 nitrogen and oxygen atoms in total. The lowest BCUT2D eigenvalue weighted by molar-refractivity contribution is 0.192. The van der Waals surface area contributed by atoms with Crippen LogP contribution in [0.15, 0.2) is 77.3 Å². The van der Waals surface area contributed by atoms with Gasteiger partial charge in [0.25, 0.3) is 0 Å². The van der Waals surface area contributed by atoms with E-state index < -0.39 is 6.04 Å². The molecule has 150 valence electrons. The largest absolute Gasteiger partial charge is 0.356 e. The van der Waals surface area contributed by atoms with Crippen molar-refractivity contribution in [3.63, 3.8) is 0 Å². The minimum Gasteiger partial charge on any atom is -0.356 e. The third kappa shape index (κ3) is 3.27. The van der Waals surface area contributed by atoms with Crippen molar-refractivity contribution in [1.29, 1.82) is 0 Å². The van der Waals surface area contributed by atoms with E-state index in [9.17, 15) is 9.18 Å². The number of amides is 2. The van der Waals surface area contributed by atoms with E-state index in [0.717, 1.165) is 26.6 Å². The molecule has 4 aromatic rings. The number of carbonyl (C=O) groups excluding carboxylic acids is 1. The zero-order valence-corrected chi connectivity index (χ0v) is 17.6. The monoisotopic (exact) mass is 463 g/mol. The summed E-state index contributed by atoms with van der Waals surface area (Å²) in [7, 11) is 0. The molecule has 30 heavy (non-hydrogen) atoms. The third-order valence-electron chi connectivity index (χ3n) is 5.59. The number of H-pyrrole nitrogens is 1. The molecule has 0 saturated carbocycles. The van der Waals surface area contributed by atoms with Gasteiger partial charge in [0.1, 0.15) is 11.9 Å². The van der Waals surface area contributed by atoms with Gasteiger partial charge in [-0.05, 0) is 48.4 Å². The van der Waals surface area contributed by atoms with Crippen molar-refractivity contribution in [2.45, 2.75) is 12.5 Å². The molecule has 0 saturated heterocycles. The van der Waals surface area contributed by atoms with Gasteiger partial charge in [0.2, 0.25) is 0 Å². The van der Waals surface area contributed by atoms with Gasteiger partial charge in [0, 0.05) is 38.9 Å². The molecule has 1 aromatic heterocycles. The lowest BCUT2D eigenvalue weighted by atomic mass is 9.92. The number of aromatic nitrogens is 1. The number of anilines is 1. The van der Waals surface area contributed by atoms with E-state index in [0.29, 0.717) is 24.2 Å². The average Bonchev–Trinajstić information content (AvgIpc) is 3.14. The summed E-state index contributed by atoms with van der Waals surface area (Å²) in [4.78, 5) is 18.4. The minimum absolute atomic E-state index is 0.255. The first-order valence-corrected chi connectivity index (χ1v) is 10.6. The molecule has 3 aromatic carbocycles.